The first-order valence-corrected chi connectivity index (χ1v) is 7.20. The van der Waals surface area contributed by atoms with Crippen molar-refractivity contribution in [2.75, 3.05) is 13.1 Å². The van der Waals surface area contributed by atoms with Crippen molar-refractivity contribution in [3.63, 3.8) is 0 Å². The van der Waals surface area contributed by atoms with Crippen LogP contribution in [0.25, 0.3) is 0 Å². The number of likely N-dealkylation sites (tertiary alicyclic amines) is 1. The first kappa shape index (κ1) is 14.5. The number of carbonyl (C=O) groups excluding carboxylic acids is 1. The fourth-order valence-electron chi connectivity index (χ4n) is 2.56. The molecular weight excluding hydrogens is 212 g/mol. The first-order chi connectivity index (χ1) is 8.17. The van der Waals surface area contributed by atoms with Gasteiger partial charge in [0.15, 0.2) is 0 Å². The Morgan fingerprint density at radius 2 is 2.24 bits per heavy atom. The van der Waals surface area contributed by atoms with E-state index in [0.717, 1.165) is 38.8 Å². The lowest BCUT2D eigenvalue weighted by atomic mass is 9.94. The molecule has 2 unspecified atom stereocenters. The molecule has 1 aliphatic rings. The number of piperidine rings is 1. The molecule has 0 aliphatic carbocycles. The molecule has 1 fully saturated rings. The summed E-state index contributed by atoms with van der Waals surface area (Å²) in [5.74, 6) is 0.892. The van der Waals surface area contributed by atoms with Crippen LogP contribution in [0, 0.1) is 5.92 Å². The molecule has 2 N–H and O–H groups in total. The van der Waals surface area contributed by atoms with Crippen LogP contribution in [0.2, 0.25) is 0 Å². The lowest BCUT2D eigenvalue weighted by molar-refractivity contribution is -0.133. The van der Waals surface area contributed by atoms with E-state index in [1.54, 1.807) is 0 Å². The topological polar surface area (TPSA) is 46.3 Å². The number of nitrogens with zero attached hydrogens (tertiary/aromatic N) is 1. The van der Waals surface area contributed by atoms with E-state index in [0.29, 0.717) is 11.8 Å². The highest BCUT2D eigenvalue weighted by molar-refractivity contribution is 5.76. The lowest BCUT2D eigenvalue weighted by Crippen LogP contribution is -2.46. The van der Waals surface area contributed by atoms with Crippen LogP contribution in [0.4, 0.5) is 0 Å². The van der Waals surface area contributed by atoms with Crippen LogP contribution in [0.1, 0.15) is 58.8 Å². The highest BCUT2D eigenvalue weighted by Crippen LogP contribution is 2.19. The molecule has 1 heterocycles. The van der Waals surface area contributed by atoms with Crippen molar-refractivity contribution in [3.8, 4) is 0 Å². The van der Waals surface area contributed by atoms with E-state index in [9.17, 15) is 4.79 Å². The number of unbranched alkanes of at least 4 members (excludes halogenated alkanes) is 1. The van der Waals surface area contributed by atoms with Gasteiger partial charge in [0, 0.05) is 25.6 Å². The molecule has 2 atom stereocenters. The van der Waals surface area contributed by atoms with Gasteiger partial charge in [-0.2, -0.15) is 0 Å². The van der Waals surface area contributed by atoms with Gasteiger partial charge in [0.1, 0.15) is 0 Å². The highest BCUT2D eigenvalue weighted by Gasteiger charge is 2.22. The summed E-state index contributed by atoms with van der Waals surface area (Å²) in [4.78, 5) is 14.1. The van der Waals surface area contributed by atoms with Gasteiger partial charge in [0.25, 0.3) is 0 Å². The van der Waals surface area contributed by atoms with Crippen molar-refractivity contribution in [1.29, 1.82) is 0 Å². The summed E-state index contributed by atoms with van der Waals surface area (Å²) in [6.07, 6.45) is 7.63. The third-order valence-electron chi connectivity index (χ3n) is 3.82. The van der Waals surface area contributed by atoms with Crippen molar-refractivity contribution in [2.24, 2.45) is 11.7 Å². The molecule has 0 aromatic heterocycles. The predicted molar refractivity (Wildman–Crippen MR) is 71.7 cm³/mol. The Labute approximate surface area is 106 Å². The average molecular weight is 240 g/mol. The Morgan fingerprint density at radius 1 is 1.47 bits per heavy atom. The number of rotatable bonds is 6. The minimum Gasteiger partial charge on any atom is -0.341 e. The number of hydrogen-bond acceptors (Lipinski definition) is 2. The summed E-state index contributed by atoms with van der Waals surface area (Å²) in [5.41, 5.74) is 5.91. The second-order valence-electron chi connectivity index (χ2n) is 5.36. The Bertz CT molecular complexity index is 230. The molecule has 0 radical (unpaired) electrons. The Kier molecular flexibility index (Phi) is 6.56. The van der Waals surface area contributed by atoms with Gasteiger partial charge >= 0.3 is 0 Å². The second kappa shape index (κ2) is 7.70. The minimum absolute atomic E-state index is 0.198. The van der Waals surface area contributed by atoms with Gasteiger partial charge in [-0.25, -0.2) is 0 Å². The van der Waals surface area contributed by atoms with E-state index in [4.69, 9.17) is 5.73 Å². The second-order valence-corrected chi connectivity index (χ2v) is 5.36. The summed E-state index contributed by atoms with van der Waals surface area (Å²) >= 11 is 0. The monoisotopic (exact) mass is 240 g/mol. The molecule has 1 amide bonds. The molecule has 0 spiro atoms. The van der Waals surface area contributed by atoms with Gasteiger partial charge < -0.3 is 10.6 Å². The highest BCUT2D eigenvalue weighted by atomic mass is 16.2. The fourth-order valence-corrected chi connectivity index (χ4v) is 2.56. The van der Waals surface area contributed by atoms with E-state index in [-0.39, 0.29) is 6.04 Å². The number of nitrogens with two attached hydrogens (primary N) is 1. The van der Waals surface area contributed by atoms with Crippen LogP contribution in [0.3, 0.4) is 0 Å². The van der Waals surface area contributed by atoms with Crippen LogP contribution in [0.5, 0.6) is 0 Å². The average Bonchev–Trinajstić information content (AvgIpc) is 2.34. The van der Waals surface area contributed by atoms with Crippen molar-refractivity contribution in [2.45, 2.75) is 64.8 Å². The van der Waals surface area contributed by atoms with E-state index in [1.165, 1.54) is 19.3 Å². The van der Waals surface area contributed by atoms with Crippen molar-refractivity contribution in [3.05, 3.63) is 0 Å². The van der Waals surface area contributed by atoms with Crippen LogP contribution in [-0.4, -0.2) is 29.9 Å². The molecule has 0 bridgehead atoms. The molecule has 1 aliphatic heterocycles. The van der Waals surface area contributed by atoms with E-state index in [1.807, 2.05) is 4.90 Å². The molecule has 0 aromatic carbocycles. The normalized spacial score (nSPS) is 22.5. The molecule has 1 rings (SSSR count). The van der Waals surface area contributed by atoms with Gasteiger partial charge in [-0.15, -0.1) is 0 Å². The van der Waals surface area contributed by atoms with Gasteiger partial charge in [-0.05, 0) is 25.2 Å². The zero-order valence-corrected chi connectivity index (χ0v) is 11.5. The van der Waals surface area contributed by atoms with E-state index < -0.39 is 0 Å². The van der Waals surface area contributed by atoms with Crippen molar-refractivity contribution in [1.82, 2.24) is 4.90 Å². The number of hydrogen-bond donors (Lipinski definition) is 1. The van der Waals surface area contributed by atoms with Crippen LogP contribution in [0.15, 0.2) is 0 Å². The maximum atomic E-state index is 12.1. The molecule has 0 saturated carbocycles. The first-order valence-electron chi connectivity index (χ1n) is 7.20. The van der Waals surface area contributed by atoms with E-state index in [2.05, 4.69) is 13.8 Å². The molecule has 17 heavy (non-hydrogen) atoms. The van der Waals surface area contributed by atoms with Gasteiger partial charge in [-0.3, -0.25) is 4.79 Å². The molecule has 3 heteroatoms. The molecule has 3 nitrogen and oxygen atoms in total. The maximum Gasteiger partial charge on any atom is 0.222 e. The Morgan fingerprint density at radius 3 is 2.82 bits per heavy atom. The summed E-state index contributed by atoms with van der Waals surface area (Å²) in [6, 6.07) is 0.198. The summed E-state index contributed by atoms with van der Waals surface area (Å²) in [6.45, 7) is 6.08. The zero-order chi connectivity index (χ0) is 12.7. The number of amides is 1. The lowest BCUT2D eigenvalue weighted by Gasteiger charge is -2.31. The third-order valence-corrected chi connectivity index (χ3v) is 3.82. The summed E-state index contributed by atoms with van der Waals surface area (Å²) < 4.78 is 0. The van der Waals surface area contributed by atoms with Crippen molar-refractivity contribution < 1.29 is 4.79 Å². The Balaban J connectivity index is 2.35. The summed E-state index contributed by atoms with van der Waals surface area (Å²) in [5, 5.41) is 0. The van der Waals surface area contributed by atoms with Gasteiger partial charge in [0.2, 0.25) is 5.91 Å². The predicted octanol–water partition coefficient (Wildman–Crippen LogP) is 2.54. The summed E-state index contributed by atoms with van der Waals surface area (Å²) in [7, 11) is 0. The molecular formula is C14H28N2O. The minimum atomic E-state index is 0.198. The maximum absolute atomic E-state index is 12.1. The Hall–Kier alpha value is -0.570. The molecule has 100 valence electrons. The smallest absolute Gasteiger partial charge is 0.222 e. The SMILES string of the molecule is CCCCC(CC)CC(=O)N1CCCC(N)C1. The number of carbonyl (C=O) groups is 1. The van der Waals surface area contributed by atoms with Gasteiger partial charge in [0.05, 0.1) is 0 Å². The standard InChI is InChI=1S/C14H28N2O/c1-3-5-7-12(4-2)10-14(17)16-9-6-8-13(15)11-16/h12-13H,3-11,15H2,1-2H3. The zero-order valence-electron chi connectivity index (χ0n) is 11.5. The third kappa shape index (κ3) is 5.07. The fraction of sp³-hybridized carbons (Fsp3) is 0.929. The van der Waals surface area contributed by atoms with Crippen LogP contribution >= 0.6 is 0 Å². The van der Waals surface area contributed by atoms with Crippen LogP contribution in [-0.2, 0) is 4.79 Å². The van der Waals surface area contributed by atoms with E-state index >= 15 is 0 Å². The molecule has 0 aromatic rings. The van der Waals surface area contributed by atoms with Gasteiger partial charge in [-0.1, -0.05) is 33.1 Å². The largest absolute Gasteiger partial charge is 0.341 e. The van der Waals surface area contributed by atoms with Crippen LogP contribution < -0.4 is 5.73 Å². The van der Waals surface area contributed by atoms with Crippen molar-refractivity contribution >= 4 is 5.91 Å². The molecule has 1 saturated heterocycles. The quantitative estimate of drug-likeness (QED) is 0.775.